The van der Waals surface area contributed by atoms with E-state index in [9.17, 15) is 4.79 Å². The van der Waals surface area contributed by atoms with Gasteiger partial charge in [-0.05, 0) is 37.5 Å². The van der Waals surface area contributed by atoms with Gasteiger partial charge in [-0.1, -0.05) is 6.42 Å². The Bertz CT molecular complexity index is 404. The van der Waals surface area contributed by atoms with Gasteiger partial charge in [0.05, 0.1) is 0 Å². The molecule has 2 saturated carbocycles. The predicted molar refractivity (Wildman–Crippen MR) is 95.0 cm³/mol. The lowest BCUT2D eigenvalue weighted by Crippen LogP contribution is -2.45. The molecule has 0 aromatic rings. The zero-order valence-corrected chi connectivity index (χ0v) is 15.2. The molecular weight excluding hydrogens is 379 g/mol. The number of nitrogens with zero attached hydrogens (tertiary/aromatic N) is 2. The van der Waals surface area contributed by atoms with Crippen molar-refractivity contribution in [1.29, 1.82) is 0 Å². The molecule has 120 valence electrons. The molecule has 3 rings (SSSR count). The second kappa shape index (κ2) is 7.15. The summed E-state index contributed by atoms with van der Waals surface area (Å²) in [7, 11) is 1.84. The van der Waals surface area contributed by atoms with Crippen LogP contribution in [-0.2, 0) is 4.79 Å². The van der Waals surface area contributed by atoms with Gasteiger partial charge in [-0.2, -0.15) is 0 Å². The van der Waals surface area contributed by atoms with Crippen molar-refractivity contribution in [3.8, 4) is 0 Å². The van der Waals surface area contributed by atoms with Crippen LogP contribution in [0.5, 0.6) is 0 Å². The summed E-state index contributed by atoms with van der Waals surface area (Å²) >= 11 is 0. The number of nitrogens with one attached hydrogen (secondary N) is 2. The average molecular weight is 406 g/mol. The molecular formula is C15H27IN4O. The molecule has 0 radical (unpaired) electrons. The fourth-order valence-electron chi connectivity index (χ4n) is 3.38. The molecule has 0 atom stereocenters. The topological polar surface area (TPSA) is 56.7 Å². The molecule has 3 fully saturated rings. The van der Waals surface area contributed by atoms with Crippen LogP contribution in [0.15, 0.2) is 4.99 Å². The van der Waals surface area contributed by atoms with Crippen LogP contribution >= 0.6 is 24.0 Å². The quantitative estimate of drug-likeness (QED) is 0.323. The highest BCUT2D eigenvalue weighted by Crippen LogP contribution is 2.47. The molecule has 1 aliphatic heterocycles. The molecule has 1 heterocycles. The van der Waals surface area contributed by atoms with E-state index in [1.165, 1.54) is 25.7 Å². The standard InChI is InChI=1S/C15H26N4O.HI/c1-16-14(18-9-8-17-13(20)12-3-4-12)19-10-7-15(11-19)5-2-6-15;/h12H,2-11H2,1H3,(H,16,18)(H,17,20);1H. The summed E-state index contributed by atoms with van der Waals surface area (Å²) in [5.74, 6) is 1.51. The first-order valence-corrected chi connectivity index (χ1v) is 7.96. The lowest BCUT2D eigenvalue weighted by molar-refractivity contribution is -0.122. The van der Waals surface area contributed by atoms with Crippen molar-refractivity contribution in [2.45, 2.75) is 38.5 Å². The Balaban J connectivity index is 0.00000161. The van der Waals surface area contributed by atoms with Gasteiger partial charge >= 0.3 is 0 Å². The normalized spacial score (nSPS) is 23.5. The molecule has 0 aromatic heterocycles. The third kappa shape index (κ3) is 4.02. The third-order valence-electron chi connectivity index (χ3n) is 5.02. The van der Waals surface area contributed by atoms with Crippen molar-refractivity contribution < 1.29 is 4.79 Å². The van der Waals surface area contributed by atoms with Crippen molar-refractivity contribution in [1.82, 2.24) is 15.5 Å². The van der Waals surface area contributed by atoms with Gasteiger partial charge in [-0.25, -0.2) is 0 Å². The Hall–Kier alpha value is -0.530. The first-order valence-electron chi connectivity index (χ1n) is 7.96. The van der Waals surface area contributed by atoms with E-state index in [2.05, 4.69) is 20.5 Å². The van der Waals surface area contributed by atoms with Crippen molar-refractivity contribution in [2.75, 3.05) is 33.2 Å². The second-order valence-corrected chi connectivity index (χ2v) is 6.56. The van der Waals surface area contributed by atoms with Gasteiger partial charge in [0.2, 0.25) is 5.91 Å². The van der Waals surface area contributed by atoms with E-state index in [0.717, 1.165) is 38.4 Å². The summed E-state index contributed by atoms with van der Waals surface area (Å²) in [5.41, 5.74) is 0.595. The van der Waals surface area contributed by atoms with Crippen LogP contribution in [0.4, 0.5) is 0 Å². The molecule has 1 spiro atoms. The number of hydrogen-bond donors (Lipinski definition) is 2. The summed E-state index contributed by atoms with van der Waals surface area (Å²) in [4.78, 5) is 18.3. The van der Waals surface area contributed by atoms with Crippen LogP contribution in [0.3, 0.4) is 0 Å². The number of amides is 1. The Kier molecular flexibility index (Phi) is 5.73. The van der Waals surface area contributed by atoms with Crippen LogP contribution in [-0.4, -0.2) is 50.0 Å². The van der Waals surface area contributed by atoms with E-state index in [4.69, 9.17) is 0 Å². The summed E-state index contributed by atoms with van der Waals surface area (Å²) in [6.45, 7) is 3.72. The molecule has 0 unspecified atom stereocenters. The van der Waals surface area contributed by atoms with Gasteiger partial charge in [0.25, 0.3) is 0 Å². The van der Waals surface area contributed by atoms with E-state index >= 15 is 0 Å². The highest BCUT2D eigenvalue weighted by atomic mass is 127. The number of likely N-dealkylation sites (tertiary alicyclic amines) is 1. The maximum Gasteiger partial charge on any atom is 0.223 e. The molecule has 2 aliphatic carbocycles. The zero-order chi connectivity index (χ0) is 14.0. The first-order chi connectivity index (χ1) is 9.72. The number of carbonyl (C=O) groups is 1. The third-order valence-corrected chi connectivity index (χ3v) is 5.02. The summed E-state index contributed by atoms with van der Waals surface area (Å²) in [5, 5.41) is 6.35. The van der Waals surface area contributed by atoms with Gasteiger partial charge in [0.15, 0.2) is 5.96 Å². The molecule has 6 heteroatoms. The van der Waals surface area contributed by atoms with Gasteiger partial charge < -0.3 is 15.5 Å². The van der Waals surface area contributed by atoms with Crippen molar-refractivity contribution in [3.63, 3.8) is 0 Å². The number of rotatable bonds is 4. The van der Waals surface area contributed by atoms with E-state index in [1.807, 2.05) is 7.05 Å². The molecule has 3 aliphatic rings. The average Bonchev–Trinajstić information content (AvgIpc) is 3.16. The lowest BCUT2D eigenvalue weighted by atomic mass is 9.68. The summed E-state index contributed by atoms with van der Waals surface area (Å²) in [6, 6.07) is 0. The van der Waals surface area contributed by atoms with Crippen LogP contribution in [0.25, 0.3) is 0 Å². The number of guanidine groups is 1. The van der Waals surface area contributed by atoms with Gasteiger partial charge in [-0.3, -0.25) is 9.79 Å². The predicted octanol–water partition coefficient (Wildman–Crippen LogP) is 1.58. The highest BCUT2D eigenvalue weighted by Gasteiger charge is 2.43. The van der Waals surface area contributed by atoms with E-state index < -0.39 is 0 Å². The summed E-state index contributed by atoms with van der Waals surface area (Å²) in [6.07, 6.45) is 7.61. The molecule has 21 heavy (non-hydrogen) atoms. The fourth-order valence-corrected chi connectivity index (χ4v) is 3.38. The van der Waals surface area contributed by atoms with Crippen LogP contribution in [0, 0.1) is 11.3 Å². The minimum atomic E-state index is 0. The molecule has 1 saturated heterocycles. The monoisotopic (exact) mass is 406 g/mol. The smallest absolute Gasteiger partial charge is 0.223 e. The van der Waals surface area contributed by atoms with Crippen molar-refractivity contribution >= 4 is 35.8 Å². The van der Waals surface area contributed by atoms with E-state index in [-0.39, 0.29) is 29.9 Å². The summed E-state index contributed by atoms with van der Waals surface area (Å²) < 4.78 is 0. The van der Waals surface area contributed by atoms with Gasteiger partial charge in [0, 0.05) is 39.1 Å². The molecule has 0 bridgehead atoms. The number of halogens is 1. The lowest BCUT2D eigenvalue weighted by Gasteiger charge is -2.38. The minimum Gasteiger partial charge on any atom is -0.354 e. The number of aliphatic imine (C=N–C) groups is 1. The van der Waals surface area contributed by atoms with E-state index in [0.29, 0.717) is 17.9 Å². The van der Waals surface area contributed by atoms with Crippen LogP contribution < -0.4 is 10.6 Å². The van der Waals surface area contributed by atoms with Crippen LogP contribution in [0.2, 0.25) is 0 Å². The number of hydrogen-bond acceptors (Lipinski definition) is 2. The Morgan fingerprint density at radius 3 is 2.48 bits per heavy atom. The van der Waals surface area contributed by atoms with Crippen molar-refractivity contribution in [2.24, 2.45) is 16.3 Å². The number of carbonyl (C=O) groups excluding carboxylic acids is 1. The molecule has 5 nitrogen and oxygen atoms in total. The van der Waals surface area contributed by atoms with Crippen LogP contribution in [0.1, 0.15) is 38.5 Å². The second-order valence-electron chi connectivity index (χ2n) is 6.56. The molecule has 2 N–H and O–H groups in total. The Morgan fingerprint density at radius 2 is 1.95 bits per heavy atom. The maximum absolute atomic E-state index is 11.5. The molecule has 0 aromatic carbocycles. The maximum atomic E-state index is 11.5. The zero-order valence-electron chi connectivity index (χ0n) is 12.9. The SMILES string of the molecule is CN=C(NCCNC(=O)C1CC1)N1CCC2(CCC2)C1.I. The fraction of sp³-hybridized carbons (Fsp3) is 0.867. The first kappa shape index (κ1) is 16.8. The van der Waals surface area contributed by atoms with Gasteiger partial charge in [-0.15, -0.1) is 24.0 Å². The Labute approximate surface area is 144 Å². The van der Waals surface area contributed by atoms with Gasteiger partial charge in [0.1, 0.15) is 0 Å². The molecule has 1 amide bonds. The van der Waals surface area contributed by atoms with Crippen molar-refractivity contribution in [3.05, 3.63) is 0 Å². The largest absolute Gasteiger partial charge is 0.354 e. The highest BCUT2D eigenvalue weighted by molar-refractivity contribution is 14.0. The Morgan fingerprint density at radius 1 is 1.24 bits per heavy atom. The minimum absolute atomic E-state index is 0. The van der Waals surface area contributed by atoms with E-state index in [1.54, 1.807) is 0 Å².